The van der Waals surface area contributed by atoms with E-state index in [9.17, 15) is 14.7 Å². The maximum atomic E-state index is 11.8. The molecule has 1 aliphatic heterocycles. The predicted octanol–water partition coefficient (Wildman–Crippen LogP) is 5.44. The van der Waals surface area contributed by atoms with E-state index in [4.69, 9.17) is 9.47 Å². The van der Waals surface area contributed by atoms with Crippen LogP contribution in [0.25, 0.3) is 5.69 Å². The lowest BCUT2D eigenvalue weighted by Gasteiger charge is -2.41. The monoisotopic (exact) mass is 468 g/mol. The third-order valence-corrected chi connectivity index (χ3v) is 5.92. The van der Waals surface area contributed by atoms with E-state index >= 15 is 0 Å². The van der Waals surface area contributed by atoms with Crippen LogP contribution in [0.5, 0.6) is 17.2 Å². The lowest BCUT2D eigenvalue weighted by Crippen LogP contribution is -2.54. The Balaban J connectivity index is 1.22. The number of carbonyl (C=O) groups excluding carboxylic acids is 1. The highest BCUT2D eigenvalue weighted by Gasteiger charge is 2.31. The van der Waals surface area contributed by atoms with Crippen molar-refractivity contribution in [1.29, 1.82) is 0 Å². The van der Waals surface area contributed by atoms with Crippen LogP contribution in [0.3, 0.4) is 0 Å². The molecule has 0 bridgehead atoms. The van der Waals surface area contributed by atoms with Gasteiger partial charge in [0.05, 0.1) is 30.0 Å². The summed E-state index contributed by atoms with van der Waals surface area (Å²) in [5, 5.41) is 9.68. The molecular weight excluding hydrogens is 444 g/mol. The van der Waals surface area contributed by atoms with Gasteiger partial charge in [-0.2, -0.15) is 0 Å². The number of ether oxygens (including phenoxy) is 2. The number of carboxylic acid groups (broad SMARTS) is 1. The molecule has 0 aliphatic carbocycles. The maximum Gasteiger partial charge on any atom is 0.337 e. The van der Waals surface area contributed by atoms with Crippen molar-refractivity contribution in [2.45, 2.75) is 13.0 Å². The number of carboxylic acids is 1. The van der Waals surface area contributed by atoms with Crippen LogP contribution in [-0.2, 0) is 0 Å². The molecule has 4 aromatic rings. The van der Waals surface area contributed by atoms with Gasteiger partial charge in [-0.1, -0.05) is 6.07 Å². The number of hydrogen-bond donors (Lipinski definition) is 1. The summed E-state index contributed by atoms with van der Waals surface area (Å²) >= 11 is 0. The van der Waals surface area contributed by atoms with Crippen molar-refractivity contribution in [2.75, 3.05) is 18.0 Å². The van der Waals surface area contributed by atoms with Gasteiger partial charge in [0, 0.05) is 18.0 Å². The molecule has 1 N–H and O–H groups in total. The van der Waals surface area contributed by atoms with E-state index in [1.807, 2.05) is 59.4 Å². The SMILES string of the molecule is CC(=O)c1ccc(Oc2ccc(OC3CN(c4cccc(C(=O)O)c4-n4cccc4)C3)cc2)cc1. The van der Waals surface area contributed by atoms with Crippen LogP contribution in [0.2, 0.25) is 0 Å². The molecule has 7 heteroatoms. The zero-order chi connectivity index (χ0) is 24.4. The quantitative estimate of drug-likeness (QED) is 0.347. The summed E-state index contributed by atoms with van der Waals surface area (Å²) < 4.78 is 13.8. The van der Waals surface area contributed by atoms with Gasteiger partial charge >= 0.3 is 5.97 Å². The molecular formula is C28H24N2O5. The summed E-state index contributed by atoms with van der Waals surface area (Å²) in [4.78, 5) is 25.3. The van der Waals surface area contributed by atoms with Gasteiger partial charge < -0.3 is 24.0 Å². The lowest BCUT2D eigenvalue weighted by molar-refractivity contribution is 0.0696. The fourth-order valence-corrected chi connectivity index (χ4v) is 4.10. The molecule has 1 saturated heterocycles. The number of rotatable bonds is 8. The first kappa shape index (κ1) is 22.3. The summed E-state index contributed by atoms with van der Waals surface area (Å²) in [5.41, 5.74) is 2.42. The summed E-state index contributed by atoms with van der Waals surface area (Å²) in [5.74, 6) is 1.12. The van der Waals surface area contributed by atoms with Crippen molar-refractivity contribution in [3.63, 3.8) is 0 Å². The number of Topliss-reactive ketones (excluding diaryl/α,β-unsaturated/α-hetero) is 1. The predicted molar refractivity (Wildman–Crippen MR) is 132 cm³/mol. The highest BCUT2D eigenvalue weighted by molar-refractivity contribution is 5.95. The Morgan fingerprint density at radius 1 is 0.829 bits per heavy atom. The van der Waals surface area contributed by atoms with Crippen molar-refractivity contribution >= 4 is 17.4 Å². The fourth-order valence-electron chi connectivity index (χ4n) is 4.10. The molecule has 0 atom stereocenters. The lowest BCUT2D eigenvalue weighted by atomic mass is 10.1. The summed E-state index contributed by atoms with van der Waals surface area (Å²) in [6.07, 6.45) is 3.69. The Hall–Kier alpha value is -4.52. The van der Waals surface area contributed by atoms with Gasteiger partial charge in [-0.05, 0) is 79.7 Å². The highest BCUT2D eigenvalue weighted by Crippen LogP contribution is 2.33. The van der Waals surface area contributed by atoms with Crippen LogP contribution >= 0.6 is 0 Å². The highest BCUT2D eigenvalue weighted by atomic mass is 16.5. The third-order valence-electron chi connectivity index (χ3n) is 5.92. The summed E-state index contributed by atoms with van der Waals surface area (Å²) in [6.45, 7) is 2.83. The van der Waals surface area contributed by atoms with Crippen molar-refractivity contribution in [3.05, 3.63) is 102 Å². The van der Waals surface area contributed by atoms with E-state index < -0.39 is 5.97 Å². The van der Waals surface area contributed by atoms with Crippen LogP contribution < -0.4 is 14.4 Å². The molecule has 1 fully saturated rings. The fraction of sp³-hybridized carbons (Fsp3) is 0.143. The van der Waals surface area contributed by atoms with Crippen LogP contribution in [0.4, 0.5) is 5.69 Å². The molecule has 5 rings (SSSR count). The van der Waals surface area contributed by atoms with Crippen LogP contribution in [-0.4, -0.2) is 40.6 Å². The number of aromatic carboxylic acids is 1. The topological polar surface area (TPSA) is 81.0 Å². The van der Waals surface area contributed by atoms with E-state index in [-0.39, 0.29) is 17.5 Å². The van der Waals surface area contributed by atoms with Crippen molar-refractivity contribution in [3.8, 4) is 22.9 Å². The second kappa shape index (κ2) is 9.38. The molecule has 176 valence electrons. The zero-order valence-electron chi connectivity index (χ0n) is 19.1. The molecule has 2 heterocycles. The Kier molecular flexibility index (Phi) is 5.97. The van der Waals surface area contributed by atoms with E-state index in [0.29, 0.717) is 35.8 Å². The molecule has 0 spiro atoms. The van der Waals surface area contributed by atoms with Crippen LogP contribution in [0.1, 0.15) is 27.6 Å². The van der Waals surface area contributed by atoms with Crippen molar-refractivity contribution in [2.24, 2.45) is 0 Å². The molecule has 3 aromatic carbocycles. The molecule has 1 aromatic heterocycles. The van der Waals surface area contributed by atoms with Gasteiger partial charge in [0.25, 0.3) is 0 Å². The second-order valence-electron chi connectivity index (χ2n) is 8.37. The minimum atomic E-state index is -0.957. The molecule has 7 nitrogen and oxygen atoms in total. The van der Waals surface area contributed by atoms with Gasteiger partial charge in [0.15, 0.2) is 5.78 Å². The number of hydrogen-bond acceptors (Lipinski definition) is 5. The number of ketones is 1. The normalized spacial score (nSPS) is 13.2. The number of anilines is 1. The largest absolute Gasteiger partial charge is 0.487 e. The third kappa shape index (κ3) is 4.75. The van der Waals surface area contributed by atoms with E-state index in [0.717, 1.165) is 11.4 Å². The zero-order valence-corrected chi connectivity index (χ0v) is 19.1. The van der Waals surface area contributed by atoms with Crippen LogP contribution in [0, 0.1) is 0 Å². The van der Waals surface area contributed by atoms with Crippen molar-refractivity contribution < 1.29 is 24.2 Å². The van der Waals surface area contributed by atoms with Gasteiger partial charge in [0.2, 0.25) is 0 Å². The molecule has 0 amide bonds. The smallest absolute Gasteiger partial charge is 0.337 e. The van der Waals surface area contributed by atoms with Gasteiger partial charge in [-0.3, -0.25) is 4.79 Å². The van der Waals surface area contributed by atoms with Gasteiger partial charge in [0.1, 0.15) is 23.4 Å². The minimum absolute atomic E-state index is 0.00751. The average Bonchev–Trinajstić information content (AvgIpc) is 3.37. The Morgan fingerprint density at radius 3 is 2.03 bits per heavy atom. The summed E-state index contributed by atoms with van der Waals surface area (Å²) in [7, 11) is 0. The first-order valence-corrected chi connectivity index (χ1v) is 11.3. The maximum absolute atomic E-state index is 11.8. The molecule has 1 aliphatic rings. The Bertz CT molecular complexity index is 1340. The van der Waals surface area contributed by atoms with E-state index in [1.54, 1.807) is 36.4 Å². The Morgan fingerprint density at radius 2 is 1.43 bits per heavy atom. The van der Waals surface area contributed by atoms with Crippen molar-refractivity contribution in [1.82, 2.24) is 4.57 Å². The molecule has 35 heavy (non-hydrogen) atoms. The minimum Gasteiger partial charge on any atom is -0.487 e. The first-order valence-electron chi connectivity index (χ1n) is 11.3. The number of aromatic nitrogens is 1. The van der Waals surface area contributed by atoms with Crippen LogP contribution in [0.15, 0.2) is 91.3 Å². The number of nitrogens with zero attached hydrogens (tertiary/aromatic N) is 2. The van der Waals surface area contributed by atoms with Gasteiger partial charge in [-0.15, -0.1) is 0 Å². The number of para-hydroxylation sites is 1. The number of carbonyl (C=O) groups is 2. The second-order valence-corrected chi connectivity index (χ2v) is 8.37. The standard InChI is InChI=1S/C28H24N2O5/c1-19(31)20-7-9-21(10-8-20)34-22-11-13-23(14-12-22)35-24-17-30(18-24)26-6-4-5-25(28(32)33)27(26)29-15-2-3-16-29/h2-16,24H,17-18H2,1H3,(H,32,33). The first-order chi connectivity index (χ1) is 17.0. The molecule has 0 saturated carbocycles. The Labute approximate surface area is 202 Å². The van der Waals surface area contributed by atoms with Gasteiger partial charge in [-0.25, -0.2) is 4.79 Å². The summed E-state index contributed by atoms with van der Waals surface area (Å²) in [6, 6.07) is 23.5. The van der Waals surface area contributed by atoms with E-state index in [2.05, 4.69) is 4.90 Å². The molecule has 0 radical (unpaired) electrons. The average molecular weight is 469 g/mol. The van der Waals surface area contributed by atoms with E-state index in [1.165, 1.54) is 6.92 Å². The number of benzene rings is 3. The molecule has 0 unspecified atom stereocenters.